The number of nitrogens with zero attached hydrogens (tertiary/aromatic N) is 2. The fraction of sp³-hybridized carbons (Fsp3) is 0.273. The fourth-order valence-corrected chi connectivity index (χ4v) is 2.32. The van der Waals surface area contributed by atoms with Gasteiger partial charge < -0.3 is 11.1 Å². The molecule has 90 valence electrons. The largest absolute Gasteiger partial charge is 0.383 e. The van der Waals surface area contributed by atoms with Gasteiger partial charge in [-0.3, -0.25) is 9.48 Å². The van der Waals surface area contributed by atoms with Crippen LogP contribution in [0.5, 0.6) is 0 Å². The summed E-state index contributed by atoms with van der Waals surface area (Å²) in [6, 6.07) is 0. The van der Waals surface area contributed by atoms with Gasteiger partial charge in [-0.15, -0.1) is 0 Å². The summed E-state index contributed by atoms with van der Waals surface area (Å²) in [6.07, 6.45) is 1.48. The highest BCUT2D eigenvalue weighted by Crippen LogP contribution is 2.14. The molecule has 0 spiro atoms. The number of carbonyl (C=O) groups is 1. The van der Waals surface area contributed by atoms with Crippen molar-refractivity contribution in [2.24, 2.45) is 7.05 Å². The molecule has 0 aliphatic carbocycles. The average Bonchev–Trinajstić information content (AvgIpc) is 2.84. The lowest BCUT2D eigenvalue weighted by atomic mass is 10.2. The van der Waals surface area contributed by atoms with E-state index in [-0.39, 0.29) is 5.91 Å². The molecule has 0 radical (unpaired) electrons. The third-order valence-corrected chi connectivity index (χ3v) is 3.54. The van der Waals surface area contributed by atoms with Gasteiger partial charge in [0.2, 0.25) is 0 Å². The molecule has 2 rings (SSSR count). The first-order valence-corrected chi connectivity index (χ1v) is 6.11. The van der Waals surface area contributed by atoms with Gasteiger partial charge in [-0.2, -0.15) is 16.4 Å². The molecule has 3 N–H and O–H groups in total. The van der Waals surface area contributed by atoms with Gasteiger partial charge in [-0.1, -0.05) is 0 Å². The van der Waals surface area contributed by atoms with Gasteiger partial charge in [-0.25, -0.2) is 0 Å². The van der Waals surface area contributed by atoms with Crippen molar-refractivity contribution in [1.29, 1.82) is 0 Å². The van der Waals surface area contributed by atoms with E-state index in [9.17, 15) is 4.79 Å². The SMILES string of the molecule is Cc1cscc1CNC(=O)c1cnn(C)c1N. The Balaban J connectivity index is 2.03. The van der Waals surface area contributed by atoms with Crippen molar-refractivity contribution >= 4 is 23.1 Å². The Labute approximate surface area is 103 Å². The van der Waals surface area contributed by atoms with Gasteiger partial charge in [0.15, 0.2) is 0 Å². The van der Waals surface area contributed by atoms with E-state index in [1.807, 2.05) is 12.3 Å². The number of aromatic nitrogens is 2. The third kappa shape index (κ3) is 2.31. The predicted molar refractivity (Wildman–Crippen MR) is 67.8 cm³/mol. The van der Waals surface area contributed by atoms with Crippen LogP contribution in [-0.4, -0.2) is 15.7 Å². The zero-order valence-electron chi connectivity index (χ0n) is 9.73. The molecule has 0 bridgehead atoms. The van der Waals surface area contributed by atoms with Crippen LogP contribution in [-0.2, 0) is 13.6 Å². The molecule has 2 aromatic rings. The fourth-order valence-electron chi connectivity index (χ4n) is 1.46. The maximum Gasteiger partial charge on any atom is 0.256 e. The Morgan fingerprint density at radius 1 is 1.59 bits per heavy atom. The first-order valence-electron chi connectivity index (χ1n) is 5.17. The molecular weight excluding hydrogens is 236 g/mol. The van der Waals surface area contributed by atoms with E-state index in [4.69, 9.17) is 5.73 Å². The van der Waals surface area contributed by atoms with Gasteiger partial charge in [0.05, 0.1) is 6.20 Å². The number of aryl methyl sites for hydroxylation is 2. The van der Waals surface area contributed by atoms with Crippen molar-refractivity contribution in [2.45, 2.75) is 13.5 Å². The standard InChI is InChI=1S/C11H14N4OS/c1-7-5-17-6-8(7)3-13-11(16)9-4-14-15(2)10(9)12/h4-6H,3,12H2,1-2H3,(H,13,16). The number of rotatable bonds is 3. The van der Waals surface area contributed by atoms with Crippen LogP contribution in [0.15, 0.2) is 17.0 Å². The minimum Gasteiger partial charge on any atom is -0.383 e. The van der Waals surface area contributed by atoms with Crippen molar-refractivity contribution in [3.8, 4) is 0 Å². The van der Waals surface area contributed by atoms with E-state index < -0.39 is 0 Å². The van der Waals surface area contributed by atoms with Crippen LogP contribution in [0.3, 0.4) is 0 Å². The maximum atomic E-state index is 11.8. The molecule has 1 amide bonds. The summed E-state index contributed by atoms with van der Waals surface area (Å²) in [6.45, 7) is 2.54. The van der Waals surface area contributed by atoms with Crippen LogP contribution in [0.25, 0.3) is 0 Å². The molecule has 5 nitrogen and oxygen atoms in total. The van der Waals surface area contributed by atoms with Crippen molar-refractivity contribution in [3.63, 3.8) is 0 Å². The van der Waals surface area contributed by atoms with E-state index in [1.165, 1.54) is 16.4 Å². The smallest absolute Gasteiger partial charge is 0.256 e. The number of nitrogen functional groups attached to an aromatic ring is 1. The predicted octanol–water partition coefficient (Wildman–Crippen LogP) is 1.30. The number of thiophene rings is 1. The van der Waals surface area contributed by atoms with Crippen LogP contribution in [0.4, 0.5) is 5.82 Å². The molecule has 0 aliphatic heterocycles. The van der Waals surface area contributed by atoms with E-state index >= 15 is 0 Å². The zero-order valence-corrected chi connectivity index (χ0v) is 10.5. The van der Waals surface area contributed by atoms with E-state index in [2.05, 4.69) is 15.8 Å². The van der Waals surface area contributed by atoms with Crippen molar-refractivity contribution < 1.29 is 4.79 Å². The molecule has 6 heteroatoms. The van der Waals surface area contributed by atoms with Gasteiger partial charge >= 0.3 is 0 Å². The molecule has 2 heterocycles. The molecule has 0 atom stereocenters. The molecule has 2 aromatic heterocycles. The van der Waals surface area contributed by atoms with E-state index in [0.29, 0.717) is 17.9 Å². The minimum absolute atomic E-state index is 0.193. The van der Waals surface area contributed by atoms with Gasteiger partial charge in [0.25, 0.3) is 5.91 Å². The Bertz CT molecular complexity index is 543. The second kappa shape index (κ2) is 4.58. The quantitative estimate of drug-likeness (QED) is 0.862. The number of carbonyl (C=O) groups excluding carboxylic acids is 1. The summed E-state index contributed by atoms with van der Waals surface area (Å²) in [5.41, 5.74) is 8.46. The van der Waals surface area contributed by atoms with Crippen LogP contribution in [0.2, 0.25) is 0 Å². The Morgan fingerprint density at radius 3 is 2.88 bits per heavy atom. The Hall–Kier alpha value is -1.82. The molecule has 0 saturated carbocycles. The average molecular weight is 250 g/mol. The third-order valence-electron chi connectivity index (χ3n) is 2.63. The highest BCUT2D eigenvalue weighted by Gasteiger charge is 2.13. The second-order valence-corrected chi connectivity index (χ2v) is 4.57. The summed E-state index contributed by atoms with van der Waals surface area (Å²) in [5, 5.41) is 10.8. The second-order valence-electron chi connectivity index (χ2n) is 3.83. The van der Waals surface area contributed by atoms with Gasteiger partial charge in [0.1, 0.15) is 11.4 Å². The van der Waals surface area contributed by atoms with Crippen LogP contribution in [0.1, 0.15) is 21.5 Å². The van der Waals surface area contributed by atoms with Crippen molar-refractivity contribution in [3.05, 3.63) is 33.6 Å². The number of hydrogen-bond donors (Lipinski definition) is 2. The topological polar surface area (TPSA) is 72.9 Å². The first-order chi connectivity index (χ1) is 8.09. The van der Waals surface area contributed by atoms with Crippen molar-refractivity contribution in [2.75, 3.05) is 5.73 Å². The maximum absolute atomic E-state index is 11.8. The number of anilines is 1. The molecule has 0 aromatic carbocycles. The molecule has 17 heavy (non-hydrogen) atoms. The zero-order chi connectivity index (χ0) is 12.4. The Kier molecular flexibility index (Phi) is 3.14. The molecular formula is C11H14N4OS. The molecule has 0 aliphatic rings. The first kappa shape index (κ1) is 11.7. The highest BCUT2D eigenvalue weighted by atomic mass is 32.1. The van der Waals surface area contributed by atoms with E-state index in [0.717, 1.165) is 5.56 Å². The van der Waals surface area contributed by atoms with Crippen molar-refractivity contribution in [1.82, 2.24) is 15.1 Å². The summed E-state index contributed by atoms with van der Waals surface area (Å²) in [4.78, 5) is 11.8. The monoisotopic (exact) mass is 250 g/mol. The van der Waals surface area contributed by atoms with Gasteiger partial charge in [-0.05, 0) is 28.8 Å². The lowest BCUT2D eigenvalue weighted by Gasteiger charge is -2.04. The number of nitrogens with two attached hydrogens (primary N) is 1. The lowest BCUT2D eigenvalue weighted by Crippen LogP contribution is -2.23. The summed E-state index contributed by atoms with van der Waals surface area (Å²) < 4.78 is 1.48. The van der Waals surface area contributed by atoms with Crippen LogP contribution in [0, 0.1) is 6.92 Å². The number of hydrogen-bond acceptors (Lipinski definition) is 4. The lowest BCUT2D eigenvalue weighted by molar-refractivity contribution is 0.0952. The van der Waals surface area contributed by atoms with Crippen LogP contribution < -0.4 is 11.1 Å². The minimum atomic E-state index is -0.193. The number of amides is 1. The van der Waals surface area contributed by atoms with Gasteiger partial charge in [0, 0.05) is 13.6 Å². The molecule has 0 unspecified atom stereocenters. The molecule has 0 saturated heterocycles. The summed E-state index contributed by atoms with van der Waals surface area (Å²) in [5.74, 6) is 0.186. The van der Waals surface area contributed by atoms with E-state index in [1.54, 1.807) is 18.4 Å². The Morgan fingerprint density at radius 2 is 2.35 bits per heavy atom. The summed E-state index contributed by atoms with van der Waals surface area (Å²) >= 11 is 1.63. The number of nitrogens with one attached hydrogen (secondary N) is 1. The normalized spacial score (nSPS) is 10.5. The highest BCUT2D eigenvalue weighted by molar-refractivity contribution is 7.08. The molecule has 0 fully saturated rings. The summed E-state index contributed by atoms with van der Waals surface area (Å²) in [7, 11) is 1.70. The van der Waals surface area contributed by atoms with Crippen LogP contribution >= 0.6 is 11.3 Å².